The summed E-state index contributed by atoms with van der Waals surface area (Å²) in [5, 5.41) is 14.6. The number of nitrogens with zero attached hydrogens (tertiary/aromatic N) is 3. The minimum atomic E-state index is -0.567. The Morgan fingerprint density at radius 2 is 1.97 bits per heavy atom. The first-order valence-corrected chi connectivity index (χ1v) is 11.3. The maximum absolute atomic E-state index is 13.8. The van der Waals surface area contributed by atoms with Crippen molar-refractivity contribution in [2.45, 2.75) is 75.5 Å². The first-order chi connectivity index (χ1) is 14.5. The lowest BCUT2D eigenvalue weighted by Crippen LogP contribution is -2.38. The van der Waals surface area contributed by atoms with Crippen molar-refractivity contribution in [3.05, 3.63) is 41.5 Å². The summed E-state index contributed by atoms with van der Waals surface area (Å²) < 4.78 is 15.7. The van der Waals surface area contributed by atoms with Crippen LogP contribution in [0.5, 0.6) is 0 Å². The molecule has 1 aliphatic rings. The topological polar surface area (TPSA) is 88.9 Å². The van der Waals surface area contributed by atoms with E-state index in [1.54, 1.807) is 6.07 Å². The van der Waals surface area contributed by atoms with Gasteiger partial charge in [-0.25, -0.2) is 4.39 Å². The molecular weight excluding hydrogens is 405 g/mol. The second-order valence-corrected chi connectivity index (χ2v) is 8.48. The van der Waals surface area contributed by atoms with Crippen LogP contribution in [0.25, 0.3) is 0 Å². The molecule has 3 rings (SSSR count). The number of hydrogen-bond donors (Lipinski definition) is 2. The van der Waals surface area contributed by atoms with Gasteiger partial charge in [0.05, 0.1) is 17.4 Å². The van der Waals surface area contributed by atoms with Gasteiger partial charge in [0.15, 0.2) is 11.0 Å². The van der Waals surface area contributed by atoms with Gasteiger partial charge in [0.2, 0.25) is 5.91 Å². The summed E-state index contributed by atoms with van der Waals surface area (Å²) in [4.78, 5) is 24.9. The fourth-order valence-corrected chi connectivity index (χ4v) is 4.61. The number of nitrogens with one attached hydrogen (secondary N) is 2. The number of thioether (sulfide) groups is 1. The molecule has 0 bridgehead atoms. The average Bonchev–Trinajstić information content (AvgIpc) is 3.39. The highest BCUT2D eigenvalue weighted by molar-refractivity contribution is 8.00. The van der Waals surface area contributed by atoms with E-state index in [-0.39, 0.29) is 29.3 Å². The lowest BCUT2D eigenvalue weighted by Gasteiger charge is -2.18. The Kier molecular flexibility index (Phi) is 7.84. The Labute approximate surface area is 180 Å². The van der Waals surface area contributed by atoms with Crippen molar-refractivity contribution in [2.24, 2.45) is 0 Å². The summed E-state index contributed by atoms with van der Waals surface area (Å²) >= 11 is 1.39. The predicted octanol–water partition coefficient (Wildman–Crippen LogP) is 3.30. The molecule has 9 heteroatoms. The van der Waals surface area contributed by atoms with Crippen LogP contribution >= 0.6 is 11.8 Å². The molecule has 0 radical (unpaired) electrons. The zero-order valence-corrected chi connectivity index (χ0v) is 18.2. The fraction of sp³-hybridized carbons (Fsp3) is 0.524. The predicted molar refractivity (Wildman–Crippen MR) is 114 cm³/mol. The molecule has 0 spiro atoms. The van der Waals surface area contributed by atoms with E-state index >= 15 is 0 Å². The number of carbonyl (C=O) groups is 2. The molecule has 2 amide bonds. The second-order valence-electron chi connectivity index (χ2n) is 7.31. The molecule has 1 aromatic heterocycles. The van der Waals surface area contributed by atoms with E-state index in [0.29, 0.717) is 23.9 Å². The van der Waals surface area contributed by atoms with Crippen LogP contribution in [0, 0.1) is 5.82 Å². The highest BCUT2D eigenvalue weighted by Crippen LogP contribution is 2.26. The fourth-order valence-electron chi connectivity index (χ4n) is 3.57. The monoisotopic (exact) mass is 433 g/mol. The summed E-state index contributed by atoms with van der Waals surface area (Å²) in [6.45, 7) is 4.66. The van der Waals surface area contributed by atoms with Crippen LogP contribution in [0.4, 0.5) is 4.39 Å². The Bertz CT molecular complexity index is 882. The molecule has 2 aromatic rings. The summed E-state index contributed by atoms with van der Waals surface area (Å²) in [6, 6.07) is 6.12. The maximum atomic E-state index is 13.8. The molecule has 1 saturated carbocycles. The van der Waals surface area contributed by atoms with Crippen LogP contribution in [0.15, 0.2) is 29.4 Å². The SMILES string of the molecule is CC[C@H](Sc1nnc(CNC(=O)c2ccccc2F)n1CC)C(=O)NC1CCCC1. The van der Waals surface area contributed by atoms with Gasteiger partial charge in [-0.1, -0.05) is 43.7 Å². The molecule has 1 heterocycles. The van der Waals surface area contributed by atoms with E-state index in [2.05, 4.69) is 20.8 Å². The van der Waals surface area contributed by atoms with Crippen LogP contribution in [-0.4, -0.2) is 37.9 Å². The van der Waals surface area contributed by atoms with Gasteiger partial charge in [-0.3, -0.25) is 9.59 Å². The number of carbonyl (C=O) groups excluding carboxylic acids is 2. The van der Waals surface area contributed by atoms with Crippen LogP contribution in [0.2, 0.25) is 0 Å². The molecule has 0 aliphatic heterocycles. The Morgan fingerprint density at radius 3 is 2.63 bits per heavy atom. The van der Waals surface area contributed by atoms with E-state index < -0.39 is 11.7 Å². The number of hydrogen-bond acceptors (Lipinski definition) is 5. The summed E-state index contributed by atoms with van der Waals surface area (Å²) in [7, 11) is 0. The second kappa shape index (κ2) is 10.6. The first kappa shape index (κ1) is 22.3. The molecule has 0 saturated heterocycles. The summed E-state index contributed by atoms with van der Waals surface area (Å²) in [5.41, 5.74) is -0.00991. The number of aromatic nitrogens is 3. The van der Waals surface area contributed by atoms with Crippen molar-refractivity contribution >= 4 is 23.6 Å². The van der Waals surface area contributed by atoms with Gasteiger partial charge in [-0.15, -0.1) is 10.2 Å². The van der Waals surface area contributed by atoms with Gasteiger partial charge in [0.1, 0.15) is 5.82 Å². The van der Waals surface area contributed by atoms with Crippen molar-refractivity contribution in [3.8, 4) is 0 Å². The Balaban J connectivity index is 1.63. The molecule has 1 fully saturated rings. The average molecular weight is 434 g/mol. The zero-order valence-electron chi connectivity index (χ0n) is 17.4. The highest BCUT2D eigenvalue weighted by atomic mass is 32.2. The molecule has 2 N–H and O–H groups in total. The number of benzene rings is 1. The van der Waals surface area contributed by atoms with Gasteiger partial charge in [0, 0.05) is 12.6 Å². The molecular formula is C21H28FN5O2S. The zero-order chi connectivity index (χ0) is 21.5. The molecule has 1 aliphatic carbocycles. The van der Waals surface area contributed by atoms with Crippen molar-refractivity contribution in [1.29, 1.82) is 0 Å². The van der Waals surface area contributed by atoms with Gasteiger partial charge >= 0.3 is 0 Å². The molecule has 30 heavy (non-hydrogen) atoms. The van der Waals surface area contributed by atoms with Crippen molar-refractivity contribution < 1.29 is 14.0 Å². The van der Waals surface area contributed by atoms with Gasteiger partial charge in [-0.05, 0) is 38.3 Å². The Morgan fingerprint density at radius 1 is 1.23 bits per heavy atom. The minimum absolute atomic E-state index is 0.00991. The highest BCUT2D eigenvalue weighted by Gasteiger charge is 2.25. The van der Waals surface area contributed by atoms with Crippen LogP contribution in [-0.2, 0) is 17.9 Å². The quantitative estimate of drug-likeness (QED) is 0.593. The van der Waals surface area contributed by atoms with E-state index in [0.717, 1.165) is 12.8 Å². The lowest BCUT2D eigenvalue weighted by atomic mass is 10.2. The third-order valence-electron chi connectivity index (χ3n) is 5.25. The summed E-state index contributed by atoms with van der Waals surface area (Å²) in [6.07, 6.45) is 5.11. The van der Waals surface area contributed by atoms with E-state index in [1.165, 1.54) is 42.8 Å². The van der Waals surface area contributed by atoms with Crippen LogP contribution in [0.1, 0.15) is 62.1 Å². The lowest BCUT2D eigenvalue weighted by molar-refractivity contribution is -0.121. The van der Waals surface area contributed by atoms with E-state index in [1.807, 2.05) is 18.4 Å². The number of halogens is 1. The molecule has 0 unspecified atom stereocenters. The van der Waals surface area contributed by atoms with Gasteiger partial charge in [-0.2, -0.15) is 0 Å². The third kappa shape index (κ3) is 5.38. The standard InChI is InChI=1S/C21H28FN5O2S/c1-3-17(20(29)24-14-9-5-6-10-14)30-21-26-25-18(27(21)4-2)13-23-19(28)15-11-7-8-12-16(15)22/h7-8,11-12,14,17H,3-6,9-10,13H2,1-2H3,(H,23,28)(H,24,29)/t17-/m0/s1. The molecule has 7 nitrogen and oxygen atoms in total. The summed E-state index contributed by atoms with van der Waals surface area (Å²) in [5.74, 6) is -0.470. The van der Waals surface area contributed by atoms with Crippen LogP contribution in [0.3, 0.4) is 0 Å². The minimum Gasteiger partial charge on any atom is -0.352 e. The van der Waals surface area contributed by atoms with E-state index in [9.17, 15) is 14.0 Å². The van der Waals surface area contributed by atoms with Gasteiger partial charge in [0.25, 0.3) is 5.91 Å². The maximum Gasteiger partial charge on any atom is 0.254 e. The normalized spacial score (nSPS) is 15.2. The third-order valence-corrected chi connectivity index (χ3v) is 6.59. The number of rotatable bonds is 9. The first-order valence-electron chi connectivity index (χ1n) is 10.4. The van der Waals surface area contributed by atoms with Crippen molar-refractivity contribution in [3.63, 3.8) is 0 Å². The van der Waals surface area contributed by atoms with Gasteiger partial charge < -0.3 is 15.2 Å². The largest absolute Gasteiger partial charge is 0.352 e. The smallest absolute Gasteiger partial charge is 0.254 e. The van der Waals surface area contributed by atoms with Crippen molar-refractivity contribution in [2.75, 3.05) is 0 Å². The van der Waals surface area contributed by atoms with E-state index in [4.69, 9.17) is 0 Å². The molecule has 162 valence electrons. The van der Waals surface area contributed by atoms with Crippen LogP contribution < -0.4 is 10.6 Å². The molecule has 1 atom stereocenters. The Hall–Kier alpha value is -2.42. The van der Waals surface area contributed by atoms with Crippen molar-refractivity contribution in [1.82, 2.24) is 25.4 Å². The number of amides is 2. The molecule has 1 aromatic carbocycles.